The first-order valence-electron chi connectivity index (χ1n) is 10.2. The maximum Gasteiger partial charge on any atom is 0.305 e. The molecule has 6 nitrogen and oxygen atoms in total. The van der Waals surface area contributed by atoms with Crippen LogP contribution in [0.4, 0.5) is 11.4 Å². The van der Waals surface area contributed by atoms with Crippen LogP contribution in [0.1, 0.15) is 11.1 Å². The zero-order chi connectivity index (χ0) is 20.8. The number of hydrogen-bond donors (Lipinski definition) is 2. The van der Waals surface area contributed by atoms with Gasteiger partial charge in [0.2, 0.25) is 0 Å². The number of nitrogens with one attached hydrogen (secondary N) is 2. The lowest BCUT2D eigenvalue weighted by Crippen LogP contribution is -3.07. The molecule has 1 aliphatic heterocycles. The van der Waals surface area contributed by atoms with Crippen LogP contribution < -0.4 is 22.7 Å². The van der Waals surface area contributed by atoms with E-state index in [0.29, 0.717) is 0 Å². The van der Waals surface area contributed by atoms with Crippen LogP contribution in [0.5, 0.6) is 0 Å². The van der Waals surface area contributed by atoms with E-state index in [-0.39, 0.29) is 18.7 Å². The first-order valence-corrected chi connectivity index (χ1v) is 10.2. The number of quaternary nitrogens is 1. The first-order chi connectivity index (χ1) is 14.7. The van der Waals surface area contributed by atoms with E-state index in [2.05, 4.69) is 56.8 Å². The van der Waals surface area contributed by atoms with Crippen molar-refractivity contribution in [2.24, 2.45) is 15.3 Å². The molecule has 0 fully saturated rings. The standard InChI is InChI=1S/C24H26N6.ClH/c1-29-23(20-11-7-4-8-12-20)28-30(2)24(29)27-26-22-15-13-21(14-16-22)25-18-17-19-9-5-3-6-10-19;/h3-16,24-25H,17-18H2,1-2H3;1H. The average Bonchev–Trinajstić information content (AvgIpc) is 3.08. The third-order valence-corrected chi connectivity index (χ3v) is 5.12. The van der Waals surface area contributed by atoms with Crippen LogP contribution >= 0.6 is 0 Å². The first kappa shape index (κ1) is 22.5. The summed E-state index contributed by atoms with van der Waals surface area (Å²) in [5.74, 6) is 0.926. The molecule has 0 spiro atoms. The van der Waals surface area contributed by atoms with E-state index in [1.54, 1.807) is 0 Å². The highest BCUT2D eigenvalue weighted by molar-refractivity contribution is 5.98. The van der Waals surface area contributed by atoms with Crippen LogP contribution in [-0.2, 0) is 6.42 Å². The lowest BCUT2D eigenvalue weighted by molar-refractivity contribution is -0.914. The summed E-state index contributed by atoms with van der Waals surface area (Å²) in [5, 5.41) is 18.1. The molecule has 0 saturated carbocycles. The number of halogens is 1. The summed E-state index contributed by atoms with van der Waals surface area (Å²) in [4.78, 5) is 2.06. The van der Waals surface area contributed by atoms with Crippen molar-refractivity contribution in [2.45, 2.75) is 12.7 Å². The van der Waals surface area contributed by atoms with Crippen molar-refractivity contribution in [1.29, 1.82) is 0 Å². The Morgan fingerprint density at radius 1 is 0.935 bits per heavy atom. The van der Waals surface area contributed by atoms with Gasteiger partial charge in [-0.15, -0.1) is 10.2 Å². The van der Waals surface area contributed by atoms with E-state index in [9.17, 15) is 0 Å². The molecule has 0 amide bonds. The third kappa shape index (κ3) is 5.69. The molecule has 2 atom stereocenters. The quantitative estimate of drug-likeness (QED) is 0.533. The van der Waals surface area contributed by atoms with Gasteiger partial charge in [-0.3, -0.25) is 4.90 Å². The van der Waals surface area contributed by atoms with Crippen molar-refractivity contribution in [2.75, 3.05) is 26.0 Å². The molecule has 0 aromatic heterocycles. The number of benzene rings is 3. The minimum Gasteiger partial charge on any atom is -1.00 e. The Hall–Kier alpha value is -3.22. The molecular formula is C24H27ClN6. The molecule has 0 bridgehead atoms. The lowest BCUT2D eigenvalue weighted by Gasteiger charge is -2.17. The smallest absolute Gasteiger partial charge is 0.305 e. The van der Waals surface area contributed by atoms with Gasteiger partial charge in [0.25, 0.3) is 0 Å². The monoisotopic (exact) mass is 434 g/mol. The molecule has 0 radical (unpaired) electrons. The largest absolute Gasteiger partial charge is 1.00 e. The van der Waals surface area contributed by atoms with Gasteiger partial charge in [-0.2, -0.15) is 5.01 Å². The van der Waals surface area contributed by atoms with Crippen LogP contribution in [0.2, 0.25) is 0 Å². The van der Waals surface area contributed by atoms with Crippen molar-refractivity contribution >= 4 is 17.2 Å². The Bertz CT molecular complexity index is 1010. The molecule has 31 heavy (non-hydrogen) atoms. The van der Waals surface area contributed by atoms with Gasteiger partial charge in [-0.1, -0.05) is 65.8 Å². The summed E-state index contributed by atoms with van der Waals surface area (Å²) in [6, 6.07) is 28.7. The number of anilines is 1. The topological polar surface area (TPSA) is 56.8 Å². The second-order valence-corrected chi connectivity index (χ2v) is 7.35. The molecule has 4 rings (SSSR count). The fourth-order valence-electron chi connectivity index (χ4n) is 3.48. The summed E-state index contributed by atoms with van der Waals surface area (Å²) in [5.41, 5.74) is 4.33. The van der Waals surface area contributed by atoms with Crippen molar-refractivity contribution in [3.05, 3.63) is 96.1 Å². The highest BCUT2D eigenvalue weighted by atomic mass is 35.5. The highest BCUT2D eigenvalue weighted by Crippen LogP contribution is 2.18. The molecule has 3 aromatic rings. The molecule has 0 saturated heterocycles. The summed E-state index contributed by atoms with van der Waals surface area (Å²) in [6.07, 6.45) is 0.818. The fraction of sp³-hybridized carbons (Fsp3) is 0.208. The maximum atomic E-state index is 4.70. The van der Waals surface area contributed by atoms with Gasteiger partial charge in [-0.05, 0) is 36.2 Å². The molecule has 7 heteroatoms. The van der Waals surface area contributed by atoms with Crippen molar-refractivity contribution in [3.8, 4) is 0 Å². The predicted octanol–water partition coefficient (Wildman–Crippen LogP) is 0.534. The van der Waals surface area contributed by atoms with Gasteiger partial charge in [0.05, 0.1) is 12.7 Å². The number of azo groups is 1. The van der Waals surface area contributed by atoms with Crippen molar-refractivity contribution < 1.29 is 17.4 Å². The van der Waals surface area contributed by atoms with Crippen molar-refractivity contribution in [1.82, 2.24) is 4.90 Å². The number of hydrogen-bond acceptors (Lipinski definition) is 5. The molecule has 2 N–H and O–H groups in total. The minimum absolute atomic E-state index is 0. The van der Waals surface area contributed by atoms with Crippen LogP contribution in [0.25, 0.3) is 0 Å². The van der Waals surface area contributed by atoms with E-state index in [1.807, 2.05) is 62.6 Å². The number of amidine groups is 1. The summed E-state index contributed by atoms with van der Waals surface area (Å²) >= 11 is 0. The Labute approximate surface area is 189 Å². The molecule has 160 valence electrons. The molecule has 0 aliphatic carbocycles. The van der Waals surface area contributed by atoms with Gasteiger partial charge >= 0.3 is 6.29 Å². The van der Waals surface area contributed by atoms with E-state index in [1.165, 1.54) is 5.56 Å². The van der Waals surface area contributed by atoms with E-state index < -0.39 is 0 Å². The molecule has 2 unspecified atom stereocenters. The fourth-order valence-corrected chi connectivity index (χ4v) is 3.48. The van der Waals surface area contributed by atoms with Gasteiger partial charge < -0.3 is 17.7 Å². The Balaban J connectivity index is 0.00000272. The van der Waals surface area contributed by atoms with Gasteiger partial charge in [0, 0.05) is 24.8 Å². The van der Waals surface area contributed by atoms with Gasteiger partial charge in [0.1, 0.15) is 0 Å². The van der Waals surface area contributed by atoms with Crippen LogP contribution in [-0.4, -0.2) is 37.7 Å². The maximum absolute atomic E-state index is 4.70. The SMILES string of the molecule is CN1C(c2ccccc2)=N[NH+](C)C1N=Nc1ccc(NCCc2ccccc2)cc1.[Cl-]. The number of nitrogens with zero attached hydrogens (tertiary/aromatic N) is 4. The Morgan fingerprint density at radius 3 is 2.26 bits per heavy atom. The van der Waals surface area contributed by atoms with Crippen molar-refractivity contribution in [3.63, 3.8) is 0 Å². The van der Waals surface area contributed by atoms with Crippen LogP contribution in [0, 0.1) is 0 Å². The van der Waals surface area contributed by atoms with Gasteiger partial charge in [-0.25, -0.2) is 0 Å². The summed E-state index contributed by atoms with van der Waals surface area (Å²) < 4.78 is 0. The molecule has 1 heterocycles. The Morgan fingerprint density at radius 2 is 1.58 bits per heavy atom. The average molecular weight is 435 g/mol. The zero-order valence-electron chi connectivity index (χ0n) is 17.7. The normalized spacial score (nSPS) is 18.0. The minimum atomic E-state index is -0.177. The summed E-state index contributed by atoms with van der Waals surface area (Å²) in [7, 11) is 4.00. The highest BCUT2D eigenvalue weighted by Gasteiger charge is 2.34. The Kier molecular flexibility index (Phi) is 7.76. The van der Waals surface area contributed by atoms with E-state index in [0.717, 1.165) is 40.7 Å². The van der Waals surface area contributed by atoms with Crippen LogP contribution in [0.15, 0.2) is 100 Å². The second kappa shape index (κ2) is 10.7. The van der Waals surface area contributed by atoms with E-state index in [4.69, 9.17) is 5.10 Å². The molecule has 3 aromatic carbocycles. The second-order valence-electron chi connectivity index (χ2n) is 7.35. The van der Waals surface area contributed by atoms with Gasteiger partial charge in [0.15, 0.2) is 5.84 Å². The molecule has 1 aliphatic rings. The molecular weight excluding hydrogens is 408 g/mol. The third-order valence-electron chi connectivity index (χ3n) is 5.12. The number of rotatable bonds is 7. The van der Waals surface area contributed by atoms with E-state index >= 15 is 0 Å². The van der Waals surface area contributed by atoms with Crippen LogP contribution in [0.3, 0.4) is 0 Å². The summed E-state index contributed by atoms with van der Waals surface area (Å²) in [6.45, 7) is 0.894. The lowest BCUT2D eigenvalue weighted by atomic mass is 10.1. The zero-order valence-corrected chi connectivity index (χ0v) is 18.5. The predicted molar refractivity (Wildman–Crippen MR) is 121 cm³/mol.